The zero-order chi connectivity index (χ0) is 11.1. The number of rotatable bonds is 1. The van der Waals surface area contributed by atoms with Gasteiger partial charge in [-0.25, -0.2) is 0 Å². The Hall–Kier alpha value is -0.720. The molecule has 0 N–H and O–H groups in total. The molecule has 1 aliphatic rings. The molecule has 0 aromatic carbocycles. The van der Waals surface area contributed by atoms with Crippen molar-refractivity contribution in [2.45, 2.75) is 52.5 Å². The van der Waals surface area contributed by atoms with Gasteiger partial charge in [0.1, 0.15) is 0 Å². The highest BCUT2D eigenvalue weighted by molar-refractivity contribution is 5.01. The fourth-order valence-corrected chi connectivity index (χ4v) is 3.83. The molecule has 1 fully saturated rings. The maximum absolute atomic E-state index is 2.41. The molecule has 0 radical (unpaired) electrons. The summed E-state index contributed by atoms with van der Waals surface area (Å²) in [5.41, 5.74) is 0.807. The van der Waals surface area contributed by atoms with Crippen LogP contribution in [0.25, 0.3) is 0 Å². The van der Waals surface area contributed by atoms with Crippen LogP contribution in [0.4, 0.5) is 0 Å². The van der Waals surface area contributed by atoms with E-state index in [1.54, 1.807) is 0 Å². The van der Waals surface area contributed by atoms with Crippen molar-refractivity contribution in [3.63, 3.8) is 0 Å². The van der Waals surface area contributed by atoms with Crippen molar-refractivity contribution in [2.75, 3.05) is 0 Å². The Morgan fingerprint density at radius 2 is 1.67 bits per heavy atom. The molecule has 1 aliphatic carbocycles. The van der Waals surface area contributed by atoms with Gasteiger partial charge in [0.15, 0.2) is 0 Å². The Kier molecular flexibility index (Phi) is 2.44. The highest BCUT2D eigenvalue weighted by Crippen LogP contribution is 2.47. The van der Waals surface area contributed by atoms with E-state index in [1.807, 2.05) is 0 Å². The SMILES string of the molecule is CC1CC(C)(C)CC(C)(n2cccc2)C1. The second-order valence-corrected chi connectivity index (χ2v) is 6.44. The van der Waals surface area contributed by atoms with E-state index in [4.69, 9.17) is 0 Å². The van der Waals surface area contributed by atoms with Crippen molar-refractivity contribution in [3.8, 4) is 0 Å². The minimum absolute atomic E-state index is 0.324. The van der Waals surface area contributed by atoms with E-state index in [0.717, 1.165) is 5.92 Å². The molecule has 0 bridgehead atoms. The average Bonchev–Trinajstić information content (AvgIpc) is 2.49. The summed E-state index contributed by atoms with van der Waals surface area (Å²) >= 11 is 0. The van der Waals surface area contributed by atoms with Crippen molar-refractivity contribution in [1.82, 2.24) is 4.57 Å². The van der Waals surface area contributed by atoms with Gasteiger partial charge in [-0.3, -0.25) is 0 Å². The van der Waals surface area contributed by atoms with E-state index in [0.29, 0.717) is 11.0 Å². The molecular formula is C14H23N. The third-order valence-electron chi connectivity index (χ3n) is 3.78. The molecular weight excluding hydrogens is 182 g/mol. The van der Waals surface area contributed by atoms with Gasteiger partial charge in [0, 0.05) is 17.9 Å². The lowest BCUT2D eigenvalue weighted by Gasteiger charge is -2.46. The van der Waals surface area contributed by atoms with Gasteiger partial charge in [0.25, 0.3) is 0 Å². The second-order valence-electron chi connectivity index (χ2n) is 6.44. The van der Waals surface area contributed by atoms with Gasteiger partial charge < -0.3 is 4.57 Å². The smallest absolute Gasteiger partial charge is 0.0419 e. The van der Waals surface area contributed by atoms with Crippen LogP contribution in [0.1, 0.15) is 47.0 Å². The van der Waals surface area contributed by atoms with E-state index in [1.165, 1.54) is 19.3 Å². The quantitative estimate of drug-likeness (QED) is 0.652. The van der Waals surface area contributed by atoms with Crippen LogP contribution in [0.15, 0.2) is 24.5 Å². The first-order chi connectivity index (χ1) is 6.91. The second kappa shape index (κ2) is 3.40. The van der Waals surface area contributed by atoms with E-state index in [-0.39, 0.29) is 0 Å². The van der Waals surface area contributed by atoms with Gasteiger partial charge >= 0.3 is 0 Å². The third kappa shape index (κ3) is 2.11. The van der Waals surface area contributed by atoms with E-state index in [9.17, 15) is 0 Å². The molecule has 2 rings (SSSR count). The van der Waals surface area contributed by atoms with Gasteiger partial charge in [-0.2, -0.15) is 0 Å². The van der Waals surface area contributed by atoms with Gasteiger partial charge in [0.05, 0.1) is 0 Å². The molecule has 1 heteroatoms. The minimum atomic E-state index is 0.324. The van der Waals surface area contributed by atoms with Crippen LogP contribution in [0.5, 0.6) is 0 Å². The molecule has 1 aromatic heterocycles. The van der Waals surface area contributed by atoms with E-state index >= 15 is 0 Å². The van der Waals surface area contributed by atoms with Crippen LogP contribution in [0, 0.1) is 11.3 Å². The van der Waals surface area contributed by atoms with Crippen LogP contribution in [0.2, 0.25) is 0 Å². The molecule has 15 heavy (non-hydrogen) atoms. The van der Waals surface area contributed by atoms with E-state index < -0.39 is 0 Å². The standard InChI is InChI=1S/C14H23N/c1-12-9-13(2,3)11-14(4,10-12)15-7-5-6-8-15/h5-8,12H,9-11H2,1-4H3. The molecule has 0 saturated heterocycles. The maximum Gasteiger partial charge on any atom is 0.0419 e. The summed E-state index contributed by atoms with van der Waals surface area (Å²) in [5.74, 6) is 0.834. The van der Waals surface area contributed by atoms with Crippen molar-refractivity contribution in [2.24, 2.45) is 11.3 Å². The summed E-state index contributed by atoms with van der Waals surface area (Å²) in [4.78, 5) is 0. The Balaban J connectivity index is 2.28. The summed E-state index contributed by atoms with van der Waals surface area (Å²) in [6, 6.07) is 4.27. The first kappa shape index (κ1) is 10.8. The lowest BCUT2D eigenvalue weighted by molar-refractivity contribution is 0.0688. The summed E-state index contributed by atoms with van der Waals surface area (Å²) in [5, 5.41) is 0. The number of nitrogens with zero attached hydrogens (tertiary/aromatic N) is 1. The van der Waals surface area contributed by atoms with Gasteiger partial charge in [0.2, 0.25) is 0 Å². The fraction of sp³-hybridized carbons (Fsp3) is 0.714. The topological polar surface area (TPSA) is 4.93 Å². The zero-order valence-electron chi connectivity index (χ0n) is 10.5. The molecule has 1 saturated carbocycles. The normalized spacial score (nSPS) is 35.3. The van der Waals surface area contributed by atoms with E-state index in [2.05, 4.69) is 56.8 Å². The zero-order valence-corrected chi connectivity index (χ0v) is 10.5. The molecule has 2 unspecified atom stereocenters. The van der Waals surface area contributed by atoms with Crippen molar-refractivity contribution >= 4 is 0 Å². The van der Waals surface area contributed by atoms with Crippen LogP contribution < -0.4 is 0 Å². The lowest BCUT2D eigenvalue weighted by atomic mass is 9.65. The Morgan fingerprint density at radius 3 is 2.20 bits per heavy atom. The maximum atomic E-state index is 2.41. The predicted octanol–water partition coefficient (Wildman–Crippen LogP) is 4.05. The van der Waals surface area contributed by atoms with Gasteiger partial charge in [-0.05, 0) is 49.7 Å². The highest BCUT2D eigenvalue weighted by atomic mass is 15.0. The van der Waals surface area contributed by atoms with Gasteiger partial charge in [-0.1, -0.05) is 20.8 Å². The number of hydrogen-bond donors (Lipinski definition) is 0. The van der Waals surface area contributed by atoms with Crippen molar-refractivity contribution in [1.29, 1.82) is 0 Å². The molecule has 2 atom stereocenters. The molecule has 0 amide bonds. The predicted molar refractivity (Wildman–Crippen MR) is 64.9 cm³/mol. The molecule has 0 spiro atoms. The number of hydrogen-bond acceptors (Lipinski definition) is 0. The molecule has 84 valence electrons. The van der Waals surface area contributed by atoms with Gasteiger partial charge in [-0.15, -0.1) is 0 Å². The monoisotopic (exact) mass is 205 g/mol. The van der Waals surface area contributed by atoms with Crippen LogP contribution in [0.3, 0.4) is 0 Å². The van der Waals surface area contributed by atoms with Crippen molar-refractivity contribution in [3.05, 3.63) is 24.5 Å². The Bertz CT molecular complexity index is 323. The largest absolute Gasteiger partial charge is 0.349 e. The average molecular weight is 205 g/mol. The summed E-state index contributed by atoms with van der Waals surface area (Å²) in [6.45, 7) is 9.61. The van der Waals surface area contributed by atoms with Crippen LogP contribution in [-0.4, -0.2) is 4.57 Å². The lowest BCUT2D eigenvalue weighted by Crippen LogP contribution is -2.41. The first-order valence-electron chi connectivity index (χ1n) is 6.05. The van der Waals surface area contributed by atoms with Crippen LogP contribution >= 0.6 is 0 Å². The van der Waals surface area contributed by atoms with Crippen molar-refractivity contribution < 1.29 is 0 Å². The Labute approximate surface area is 93.5 Å². The fourth-order valence-electron chi connectivity index (χ4n) is 3.83. The molecule has 1 aromatic rings. The molecule has 1 heterocycles. The first-order valence-corrected chi connectivity index (χ1v) is 6.05. The van der Waals surface area contributed by atoms with Crippen LogP contribution in [-0.2, 0) is 5.54 Å². The summed E-state index contributed by atoms with van der Waals surface area (Å²) < 4.78 is 2.41. The molecule has 0 aliphatic heterocycles. The third-order valence-corrected chi connectivity index (χ3v) is 3.78. The molecule has 1 nitrogen and oxygen atoms in total. The Morgan fingerprint density at radius 1 is 1.07 bits per heavy atom. The summed E-state index contributed by atoms with van der Waals surface area (Å²) in [6.07, 6.45) is 8.40. The highest BCUT2D eigenvalue weighted by Gasteiger charge is 2.40. The minimum Gasteiger partial charge on any atom is -0.349 e. The summed E-state index contributed by atoms with van der Waals surface area (Å²) in [7, 11) is 0. The number of aromatic nitrogens is 1.